The lowest BCUT2D eigenvalue weighted by Crippen LogP contribution is -2.35. The number of hydrogen-bond acceptors (Lipinski definition) is 6. The number of nitrogens with one attached hydrogen (secondary N) is 1. The minimum Gasteiger partial charge on any atom is -0.491 e. The number of nitrogens with zero attached hydrogens (tertiary/aromatic N) is 3. The molecule has 0 saturated carbocycles. The molecule has 36 heavy (non-hydrogen) atoms. The number of aromatic nitrogens is 2. The van der Waals surface area contributed by atoms with Crippen molar-refractivity contribution in [1.29, 1.82) is 0 Å². The van der Waals surface area contributed by atoms with E-state index in [2.05, 4.69) is 27.1 Å². The van der Waals surface area contributed by atoms with Crippen molar-refractivity contribution >= 4 is 23.0 Å². The molecule has 3 aromatic rings. The summed E-state index contributed by atoms with van der Waals surface area (Å²) in [4.78, 5) is 23.4. The molecule has 1 saturated heterocycles. The van der Waals surface area contributed by atoms with E-state index in [4.69, 9.17) is 10.5 Å². The zero-order valence-electron chi connectivity index (χ0n) is 20.2. The quantitative estimate of drug-likeness (QED) is 0.451. The highest BCUT2D eigenvalue weighted by Gasteiger charge is 2.25. The molecule has 0 unspecified atom stereocenters. The van der Waals surface area contributed by atoms with E-state index in [1.165, 1.54) is 6.20 Å². The molecule has 1 aliphatic heterocycles. The molecule has 0 bridgehead atoms. The van der Waals surface area contributed by atoms with Crippen LogP contribution in [-0.2, 0) is 0 Å². The van der Waals surface area contributed by atoms with Crippen molar-refractivity contribution in [2.45, 2.75) is 33.1 Å². The largest absolute Gasteiger partial charge is 0.491 e. The number of hydrogen-bond donors (Lipinski definition) is 2. The average molecular weight is 500 g/mol. The smallest absolute Gasteiger partial charge is 0.276 e. The van der Waals surface area contributed by atoms with Gasteiger partial charge in [-0.1, -0.05) is 13.8 Å². The fraction of sp³-hybridized carbons (Fsp3) is 0.346. The van der Waals surface area contributed by atoms with Crippen LogP contribution in [0.25, 0.3) is 11.3 Å². The molecule has 190 valence electrons. The molecule has 2 aromatic heterocycles. The first kappa shape index (κ1) is 25.3. The van der Waals surface area contributed by atoms with Crippen molar-refractivity contribution in [3.63, 3.8) is 0 Å². The molecule has 1 atom stereocenters. The molecule has 1 amide bonds. The van der Waals surface area contributed by atoms with E-state index >= 15 is 4.39 Å². The first-order chi connectivity index (χ1) is 17.3. The number of piperidine rings is 1. The zero-order valence-corrected chi connectivity index (χ0v) is 20.2. The van der Waals surface area contributed by atoms with Crippen molar-refractivity contribution in [1.82, 2.24) is 9.97 Å². The van der Waals surface area contributed by atoms with Gasteiger partial charge < -0.3 is 20.7 Å². The number of pyridine rings is 2. The van der Waals surface area contributed by atoms with Gasteiger partial charge in [0.2, 0.25) is 0 Å². The number of halogens is 3. The van der Waals surface area contributed by atoms with Crippen molar-refractivity contribution in [2.24, 2.45) is 5.92 Å². The Bertz CT molecular complexity index is 1270. The fourth-order valence-electron chi connectivity index (χ4n) is 4.28. The van der Waals surface area contributed by atoms with Crippen LogP contribution in [0.5, 0.6) is 5.75 Å². The molecule has 7 nitrogen and oxygen atoms in total. The van der Waals surface area contributed by atoms with E-state index in [1.807, 2.05) is 6.92 Å². The molecule has 10 heteroatoms. The summed E-state index contributed by atoms with van der Waals surface area (Å²) in [6.07, 6.45) is 5.87. The Kier molecular flexibility index (Phi) is 7.61. The van der Waals surface area contributed by atoms with E-state index in [0.29, 0.717) is 18.0 Å². The number of benzene rings is 1. The van der Waals surface area contributed by atoms with Gasteiger partial charge in [0.1, 0.15) is 11.5 Å². The first-order valence-corrected chi connectivity index (χ1v) is 11.9. The number of carbonyl (C=O) groups excluding carboxylic acids is 1. The zero-order chi connectivity index (χ0) is 25.8. The summed E-state index contributed by atoms with van der Waals surface area (Å²) in [5.41, 5.74) is 5.04. The number of amides is 1. The van der Waals surface area contributed by atoms with Gasteiger partial charge in [-0.25, -0.2) is 18.2 Å². The third-order valence-electron chi connectivity index (χ3n) is 6.02. The van der Waals surface area contributed by atoms with Crippen molar-refractivity contribution in [3.05, 3.63) is 59.8 Å². The van der Waals surface area contributed by atoms with Gasteiger partial charge in [0.05, 0.1) is 35.4 Å². The van der Waals surface area contributed by atoms with Crippen LogP contribution in [0.3, 0.4) is 0 Å². The van der Waals surface area contributed by atoms with Gasteiger partial charge in [-0.3, -0.25) is 9.78 Å². The van der Waals surface area contributed by atoms with E-state index < -0.39 is 34.6 Å². The number of carbonyl (C=O) groups is 1. The number of anilines is 3. The summed E-state index contributed by atoms with van der Waals surface area (Å²) in [5.74, 6) is -3.74. The third kappa shape index (κ3) is 5.22. The summed E-state index contributed by atoms with van der Waals surface area (Å²) in [7, 11) is 0. The SMILES string of the molecule is CCCOc1ccc(F)c(-c2nc(C(=O)Nc3cnccc3N3CCC[C@H](C)C3)c(N)cc2F)c1F. The Labute approximate surface area is 207 Å². The summed E-state index contributed by atoms with van der Waals surface area (Å²) in [5, 5.41) is 2.73. The van der Waals surface area contributed by atoms with E-state index in [0.717, 1.165) is 49.8 Å². The Balaban J connectivity index is 1.69. The molecule has 3 N–H and O–H groups in total. The highest BCUT2D eigenvalue weighted by molar-refractivity contribution is 6.08. The predicted octanol–water partition coefficient (Wildman–Crippen LogP) is 5.42. The second kappa shape index (κ2) is 10.8. The number of rotatable bonds is 7. The lowest BCUT2D eigenvalue weighted by molar-refractivity contribution is 0.102. The van der Waals surface area contributed by atoms with Crippen LogP contribution in [0.4, 0.5) is 30.2 Å². The summed E-state index contributed by atoms with van der Waals surface area (Å²) in [6, 6.07) is 4.71. The Hall–Kier alpha value is -3.82. The van der Waals surface area contributed by atoms with Crippen molar-refractivity contribution in [2.75, 3.05) is 35.6 Å². The second-order valence-electron chi connectivity index (χ2n) is 8.88. The molecule has 1 fully saturated rings. The van der Waals surface area contributed by atoms with Crippen molar-refractivity contribution in [3.8, 4) is 17.0 Å². The molecule has 4 rings (SSSR count). The van der Waals surface area contributed by atoms with E-state index in [9.17, 15) is 13.6 Å². The van der Waals surface area contributed by atoms with Crippen LogP contribution in [0.15, 0.2) is 36.7 Å². The lowest BCUT2D eigenvalue weighted by atomic mass is 10.00. The highest BCUT2D eigenvalue weighted by atomic mass is 19.1. The van der Waals surface area contributed by atoms with E-state index in [1.54, 1.807) is 12.3 Å². The van der Waals surface area contributed by atoms with Crippen LogP contribution < -0.4 is 20.7 Å². The second-order valence-corrected chi connectivity index (χ2v) is 8.88. The van der Waals surface area contributed by atoms with Crippen LogP contribution in [0.1, 0.15) is 43.6 Å². The Morgan fingerprint density at radius 3 is 2.81 bits per heavy atom. The van der Waals surface area contributed by atoms with Gasteiger partial charge in [-0.2, -0.15) is 0 Å². The van der Waals surface area contributed by atoms with E-state index in [-0.39, 0.29) is 23.7 Å². The van der Waals surface area contributed by atoms with Gasteiger partial charge in [0, 0.05) is 25.4 Å². The molecular weight excluding hydrogens is 471 g/mol. The highest BCUT2D eigenvalue weighted by Crippen LogP contribution is 2.34. The molecule has 3 heterocycles. The van der Waals surface area contributed by atoms with Crippen LogP contribution >= 0.6 is 0 Å². The minimum absolute atomic E-state index is 0.191. The monoisotopic (exact) mass is 499 g/mol. The molecule has 1 aromatic carbocycles. The van der Waals surface area contributed by atoms with Gasteiger partial charge in [0.25, 0.3) is 5.91 Å². The normalized spacial score (nSPS) is 15.6. The predicted molar refractivity (Wildman–Crippen MR) is 133 cm³/mol. The number of nitrogen functional groups attached to an aromatic ring is 1. The summed E-state index contributed by atoms with van der Waals surface area (Å²) >= 11 is 0. The maximum atomic E-state index is 15.1. The standard InChI is InChI=1S/C26H28F3N5O2/c1-3-11-36-21-7-6-16(27)22(23(21)29)24-17(28)12-18(30)25(33-24)26(35)32-19-13-31-9-8-20(19)34-10-4-5-15(2)14-34/h6-9,12-13,15H,3-5,10-11,14,30H2,1-2H3,(H,32,35)/t15-/m0/s1. The lowest BCUT2D eigenvalue weighted by Gasteiger charge is -2.33. The molecule has 0 aliphatic carbocycles. The first-order valence-electron chi connectivity index (χ1n) is 11.9. The molecule has 0 radical (unpaired) electrons. The number of ether oxygens (including phenoxy) is 1. The van der Waals surface area contributed by atoms with Gasteiger partial charge >= 0.3 is 0 Å². The van der Waals surface area contributed by atoms with Crippen LogP contribution in [0.2, 0.25) is 0 Å². The summed E-state index contributed by atoms with van der Waals surface area (Å²) in [6.45, 7) is 5.83. The van der Waals surface area contributed by atoms with Gasteiger partial charge in [-0.15, -0.1) is 0 Å². The molecular formula is C26H28F3N5O2. The van der Waals surface area contributed by atoms with Crippen LogP contribution in [-0.4, -0.2) is 35.6 Å². The number of nitrogens with two attached hydrogens (primary N) is 1. The fourth-order valence-corrected chi connectivity index (χ4v) is 4.28. The molecule has 1 aliphatic rings. The topological polar surface area (TPSA) is 93.4 Å². The maximum Gasteiger partial charge on any atom is 0.276 e. The average Bonchev–Trinajstić information content (AvgIpc) is 2.85. The Morgan fingerprint density at radius 1 is 1.25 bits per heavy atom. The van der Waals surface area contributed by atoms with Crippen molar-refractivity contribution < 1.29 is 22.7 Å². The minimum atomic E-state index is -1.11. The van der Waals surface area contributed by atoms with Crippen LogP contribution in [0, 0.1) is 23.4 Å². The van der Waals surface area contributed by atoms with Gasteiger partial charge in [0.15, 0.2) is 23.1 Å². The van der Waals surface area contributed by atoms with Gasteiger partial charge in [-0.05, 0) is 43.4 Å². The molecule has 0 spiro atoms. The Morgan fingerprint density at radius 2 is 2.06 bits per heavy atom. The summed E-state index contributed by atoms with van der Waals surface area (Å²) < 4.78 is 49.8. The maximum absolute atomic E-state index is 15.1. The third-order valence-corrected chi connectivity index (χ3v) is 6.02.